The lowest BCUT2D eigenvalue weighted by molar-refractivity contribution is 0.297. The number of hydrogen-bond acceptors (Lipinski definition) is 4. The van der Waals surface area contributed by atoms with E-state index in [1.807, 2.05) is 25.1 Å². The van der Waals surface area contributed by atoms with Crippen LogP contribution in [0.15, 0.2) is 28.4 Å². The molecule has 96 valence electrons. The van der Waals surface area contributed by atoms with Gasteiger partial charge in [-0.05, 0) is 25.1 Å². The Labute approximate surface area is 105 Å². The van der Waals surface area contributed by atoms with Crippen molar-refractivity contribution in [3.63, 3.8) is 0 Å². The van der Waals surface area contributed by atoms with Crippen molar-refractivity contribution in [1.82, 2.24) is 0 Å². The monoisotopic (exact) mass is 248 g/mol. The highest BCUT2D eigenvalue weighted by atomic mass is 16.5. The van der Waals surface area contributed by atoms with Crippen molar-refractivity contribution in [3.05, 3.63) is 23.8 Å². The van der Waals surface area contributed by atoms with Gasteiger partial charge in [0.2, 0.25) is 5.96 Å². The molecule has 6 nitrogen and oxygen atoms in total. The molecule has 0 bridgehead atoms. The number of benzene rings is 1. The van der Waals surface area contributed by atoms with E-state index >= 15 is 0 Å². The fourth-order valence-corrected chi connectivity index (χ4v) is 1.58. The van der Waals surface area contributed by atoms with Gasteiger partial charge in [-0.2, -0.15) is 5.10 Å². The van der Waals surface area contributed by atoms with Crippen LogP contribution >= 0.6 is 0 Å². The first-order valence-electron chi connectivity index (χ1n) is 5.70. The third-order valence-electron chi connectivity index (χ3n) is 2.48. The van der Waals surface area contributed by atoms with E-state index in [0.717, 1.165) is 23.5 Å². The van der Waals surface area contributed by atoms with Gasteiger partial charge in [0.05, 0.1) is 18.9 Å². The molecule has 0 radical (unpaired) electrons. The van der Waals surface area contributed by atoms with Crippen molar-refractivity contribution in [3.8, 4) is 11.5 Å². The van der Waals surface area contributed by atoms with E-state index in [1.54, 1.807) is 0 Å². The molecule has 18 heavy (non-hydrogen) atoms. The third kappa shape index (κ3) is 2.91. The largest absolute Gasteiger partial charge is 0.490 e. The summed E-state index contributed by atoms with van der Waals surface area (Å²) in [4.78, 5) is 0. The lowest BCUT2D eigenvalue weighted by Gasteiger charge is -2.08. The molecule has 4 N–H and O–H groups in total. The summed E-state index contributed by atoms with van der Waals surface area (Å²) in [5, 5.41) is 7.54. The second-order valence-electron chi connectivity index (χ2n) is 3.92. The average molecular weight is 248 g/mol. The minimum absolute atomic E-state index is 0.0660. The first-order valence-corrected chi connectivity index (χ1v) is 5.70. The summed E-state index contributed by atoms with van der Waals surface area (Å²) in [6, 6.07) is 5.64. The Morgan fingerprint density at radius 1 is 1.11 bits per heavy atom. The Bertz CT molecular complexity index is 493. The van der Waals surface area contributed by atoms with Gasteiger partial charge in [-0.1, -0.05) is 0 Å². The molecule has 0 unspecified atom stereocenters. The van der Waals surface area contributed by atoms with Gasteiger partial charge in [-0.15, -0.1) is 5.10 Å². The molecule has 1 aromatic rings. The second-order valence-corrected chi connectivity index (χ2v) is 3.92. The quantitative estimate of drug-likeness (QED) is 0.460. The Morgan fingerprint density at radius 2 is 1.83 bits per heavy atom. The van der Waals surface area contributed by atoms with E-state index in [-0.39, 0.29) is 5.96 Å². The van der Waals surface area contributed by atoms with Crippen LogP contribution < -0.4 is 20.9 Å². The summed E-state index contributed by atoms with van der Waals surface area (Å²) in [6.45, 7) is 3.15. The van der Waals surface area contributed by atoms with E-state index in [4.69, 9.17) is 20.9 Å². The van der Waals surface area contributed by atoms with E-state index in [2.05, 4.69) is 10.2 Å². The van der Waals surface area contributed by atoms with Crippen molar-refractivity contribution < 1.29 is 9.47 Å². The Kier molecular flexibility index (Phi) is 3.66. The molecule has 1 aliphatic rings. The number of nitrogens with two attached hydrogens (primary N) is 2. The van der Waals surface area contributed by atoms with Crippen LogP contribution in [0, 0.1) is 0 Å². The lowest BCUT2D eigenvalue weighted by Crippen LogP contribution is -2.22. The first-order chi connectivity index (χ1) is 8.66. The molecule has 6 heteroatoms. The van der Waals surface area contributed by atoms with Gasteiger partial charge in [0, 0.05) is 12.0 Å². The van der Waals surface area contributed by atoms with Crippen LogP contribution in [0.1, 0.15) is 18.9 Å². The summed E-state index contributed by atoms with van der Waals surface area (Å²) in [6.07, 6.45) is 0.880. The molecular formula is C12H16N4O2. The highest BCUT2D eigenvalue weighted by molar-refractivity contribution is 5.99. The van der Waals surface area contributed by atoms with Crippen molar-refractivity contribution in [2.75, 3.05) is 13.2 Å². The second kappa shape index (κ2) is 5.39. The molecule has 0 saturated carbocycles. The Morgan fingerprint density at radius 3 is 2.56 bits per heavy atom. The first kappa shape index (κ1) is 12.2. The number of fused-ring (bicyclic) bond motifs is 1. The number of ether oxygens (including phenoxy) is 2. The molecule has 2 rings (SSSR count). The van der Waals surface area contributed by atoms with Crippen LogP contribution in [0.25, 0.3) is 0 Å². The highest BCUT2D eigenvalue weighted by Crippen LogP contribution is 2.30. The van der Waals surface area contributed by atoms with Crippen LogP contribution in [0.4, 0.5) is 0 Å². The molecule has 0 aromatic heterocycles. The maximum atomic E-state index is 5.60. The summed E-state index contributed by atoms with van der Waals surface area (Å²) < 4.78 is 11.1. The zero-order valence-electron chi connectivity index (χ0n) is 10.2. The fourth-order valence-electron chi connectivity index (χ4n) is 1.58. The molecular weight excluding hydrogens is 232 g/mol. The van der Waals surface area contributed by atoms with Gasteiger partial charge in [0.1, 0.15) is 0 Å². The van der Waals surface area contributed by atoms with Crippen LogP contribution in [-0.4, -0.2) is 24.9 Å². The molecule has 0 atom stereocenters. The maximum absolute atomic E-state index is 5.60. The van der Waals surface area contributed by atoms with Crippen molar-refractivity contribution in [2.24, 2.45) is 21.7 Å². The van der Waals surface area contributed by atoms with Crippen molar-refractivity contribution >= 4 is 11.7 Å². The third-order valence-corrected chi connectivity index (χ3v) is 2.48. The van der Waals surface area contributed by atoms with Gasteiger partial charge >= 0.3 is 0 Å². The smallest absolute Gasteiger partial charge is 0.211 e. The van der Waals surface area contributed by atoms with Gasteiger partial charge in [-0.3, -0.25) is 0 Å². The zero-order chi connectivity index (χ0) is 13.0. The van der Waals surface area contributed by atoms with Gasteiger partial charge in [0.15, 0.2) is 11.5 Å². The molecule has 0 spiro atoms. The minimum atomic E-state index is -0.0660. The molecule has 1 aromatic carbocycles. The Hall–Kier alpha value is -2.24. The predicted molar refractivity (Wildman–Crippen MR) is 70.1 cm³/mol. The SMILES string of the molecule is C/C(=N/N=C(N)N)c1ccc2c(c1)OCCCO2. The number of rotatable bonds is 2. The van der Waals surface area contributed by atoms with Gasteiger partial charge < -0.3 is 20.9 Å². The molecule has 0 amide bonds. The van der Waals surface area contributed by atoms with Gasteiger partial charge in [0.25, 0.3) is 0 Å². The molecule has 0 saturated heterocycles. The summed E-state index contributed by atoms with van der Waals surface area (Å²) in [5.74, 6) is 1.42. The van der Waals surface area contributed by atoms with Crippen LogP contribution in [0.2, 0.25) is 0 Å². The van der Waals surface area contributed by atoms with Gasteiger partial charge in [-0.25, -0.2) is 0 Å². The van der Waals surface area contributed by atoms with E-state index in [9.17, 15) is 0 Å². The lowest BCUT2D eigenvalue weighted by atomic mass is 10.1. The van der Waals surface area contributed by atoms with Crippen LogP contribution in [0.3, 0.4) is 0 Å². The topological polar surface area (TPSA) is 95.2 Å². The fraction of sp³-hybridized carbons (Fsp3) is 0.333. The number of hydrogen-bond donors (Lipinski definition) is 2. The molecule has 1 heterocycles. The summed E-state index contributed by atoms with van der Waals surface area (Å²) in [7, 11) is 0. The summed E-state index contributed by atoms with van der Waals surface area (Å²) in [5.41, 5.74) is 12.1. The van der Waals surface area contributed by atoms with E-state index in [1.165, 1.54) is 0 Å². The highest BCUT2D eigenvalue weighted by Gasteiger charge is 2.11. The minimum Gasteiger partial charge on any atom is -0.490 e. The zero-order valence-corrected chi connectivity index (χ0v) is 10.2. The predicted octanol–water partition coefficient (Wildman–Crippen LogP) is 0.845. The normalized spacial score (nSPS) is 14.8. The van der Waals surface area contributed by atoms with Crippen LogP contribution in [0.5, 0.6) is 11.5 Å². The Balaban J connectivity index is 2.28. The maximum Gasteiger partial charge on any atom is 0.211 e. The molecule has 0 fully saturated rings. The van der Waals surface area contributed by atoms with Crippen LogP contribution in [-0.2, 0) is 0 Å². The number of guanidine groups is 1. The average Bonchev–Trinajstić information content (AvgIpc) is 2.60. The number of nitrogens with zero attached hydrogens (tertiary/aromatic N) is 2. The summed E-state index contributed by atoms with van der Waals surface area (Å²) >= 11 is 0. The molecule has 0 aliphatic carbocycles. The van der Waals surface area contributed by atoms with Crippen molar-refractivity contribution in [1.29, 1.82) is 0 Å². The van der Waals surface area contributed by atoms with E-state index < -0.39 is 0 Å². The molecule has 1 aliphatic heterocycles. The van der Waals surface area contributed by atoms with E-state index in [0.29, 0.717) is 18.9 Å². The van der Waals surface area contributed by atoms with Crippen molar-refractivity contribution in [2.45, 2.75) is 13.3 Å². The standard InChI is InChI=1S/C12H16N4O2/c1-8(15-16-12(13)14)9-3-4-10-11(7-9)18-6-2-5-17-10/h3-4,7H,2,5-6H2,1H3,(H4,13,14,16)/b15-8-.